The zero-order valence-corrected chi connectivity index (χ0v) is 42.8. The number of aliphatic hydroxyl groups is 2. The smallest absolute Gasteiger partial charge is 0.305 e. The first kappa shape index (κ1) is 62.1. The molecule has 0 fully saturated rings. The zero-order chi connectivity index (χ0) is 46.5. The van der Waals surface area contributed by atoms with Crippen molar-refractivity contribution in [1.82, 2.24) is 5.32 Å². The first-order valence-corrected chi connectivity index (χ1v) is 28.3. The fourth-order valence-corrected chi connectivity index (χ4v) is 8.59. The number of rotatable bonds is 52. The first-order chi connectivity index (χ1) is 31.5. The molecule has 0 saturated heterocycles. The minimum Gasteiger partial charge on any atom is -0.465 e. The lowest BCUT2D eigenvalue weighted by Gasteiger charge is -2.20. The van der Waals surface area contributed by atoms with Gasteiger partial charge in [-0.1, -0.05) is 269 Å². The Bertz CT molecular complexity index is 1040. The van der Waals surface area contributed by atoms with Crippen LogP contribution in [0.3, 0.4) is 0 Å². The van der Waals surface area contributed by atoms with Crippen molar-refractivity contribution in [3.63, 3.8) is 0 Å². The Morgan fingerprint density at radius 3 is 1.19 bits per heavy atom. The van der Waals surface area contributed by atoms with Gasteiger partial charge in [-0.3, -0.25) is 9.59 Å². The molecule has 0 aromatic rings. The maximum atomic E-state index is 12.4. The van der Waals surface area contributed by atoms with Gasteiger partial charge >= 0.3 is 5.97 Å². The van der Waals surface area contributed by atoms with Crippen LogP contribution in [0.2, 0.25) is 0 Å². The van der Waals surface area contributed by atoms with Gasteiger partial charge in [0, 0.05) is 12.8 Å². The number of aliphatic hydroxyl groups excluding tert-OH is 2. The summed E-state index contributed by atoms with van der Waals surface area (Å²) in [5, 5.41) is 23.0. The third kappa shape index (κ3) is 49.5. The monoisotopic (exact) mass is 900 g/mol. The maximum Gasteiger partial charge on any atom is 0.305 e. The standard InChI is InChI=1S/C58H109NO5/c1-3-5-7-9-11-13-15-16-17-26-29-32-36-40-44-48-52-58(63)64-53-49-45-41-37-33-30-27-24-22-20-18-19-21-23-25-28-31-35-39-43-47-51-57(62)59-55(54-60)56(61)50-46-42-38-34-14-12-10-8-6-4-2/h30,33,41,45-46,50,55-56,60-61H,3-29,31-32,34-40,42-44,47-49,51-54H2,1-2H3,(H,59,62)/b33-30-,45-41-,50-46+. The average Bonchev–Trinajstić information content (AvgIpc) is 3.29. The van der Waals surface area contributed by atoms with Gasteiger partial charge in [-0.05, 0) is 51.4 Å². The highest BCUT2D eigenvalue weighted by molar-refractivity contribution is 5.76. The van der Waals surface area contributed by atoms with Gasteiger partial charge in [-0.15, -0.1) is 0 Å². The quantitative estimate of drug-likeness (QED) is 0.0321. The van der Waals surface area contributed by atoms with Gasteiger partial charge in [0.2, 0.25) is 5.91 Å². The van der Waals surface area contributed by atoms with E-state index in [4.69, 9.17) is 4.74 Å². The molecule has 0 radical (unpaired) electrons. The molecule has 0 aliphatic rings. The molecule has 6 heteroatoms. The van der Waals surface area contributed by atoms with Crippen LogP contribution < -0.4 is 5.32 Å². The van der Waals surface area contributed by atoms with Crippen molar-refractivity contribution in [3.8, 4) is 0 Å². The molecule has 0 aromatic carbocycles. The zero-order valence-electron chi connectivity index (χ0n) is 42.8. The fourth-order valence-electron chi connectivity index (χ4n) is 8.59. The van der Waals surface area contributed by atoms with Crippen molar-refractivity contribution >= 4 is 11.9 Å². The predicted molar refractivity (Wildman–Crippen MR) is 278 cm³/mol. The normalized spacial score (nSPS) is 12.9. The van der Waals surface area contributed by atoms with Crippen LogP contribution in [-0.4, -0.2) is 47.4 Å². The first-order valence-electron chi connectivity index (χ1n) is 28.3. The molecule has 6 nitrogen and oxygen atoms in total. The fraction of sp³-hybridized carbons (Fsp3) is 0.862. The van der Waals surface area contributed by atoms with E-state index in [1.54, 1.807) is 6.08 Å². The molecule has 0 aliphatic carbocycles. The van der Waals surface area contributed by atoms with Crippen LogP contribution in [0.5, 0.6) is 0 Å². The summed E-state index contributed by atoms with van der Waals surface area (Å²) in [4.78, 5) is 24.4. The van der Waals surface area contributed by atoms with Gasteiger partial charge in [0.1, 0.15) is 0 Å². The molecule has 0 rings (SSSR count). The van der Waals surface area contributed by atoms with Crippen LogP contribution in [0, 0.1) is 0 Å². The molecular formula is C58H109NO5. The number of carbonyl (C=O) groups excluding carboxylic acids is 2. The molecule has 0 aliphatic heterocycles. The van der Waals surface area contributed by atoms with Gasteiger partial charge in [0.15, 0.2) is 0 Å². The van der Waals surface area contributed by atoms with E-state index < -0.39 is 12.1 Å². The highest BCUT2D eigenvalue weighted by atomic mass is 16.5. The van der Waals surface area contributed by atoms with Crippen molar-refractivity contribution in [2.75, 3.05) is 13.2 Å². The number of nitrogens with one attached hydrogen (secondary N) is 1. The third-order valence-electron chi connectivity index (χ3n) is 12.9. The van der Waals surface area contributed by atoms with E-state index in [1.807, 2.05) is 6.08 Å². The van der Waals surface area contributed by atoms with E-state index in [2.05, 4.69) is 43.5 Å². The largest absolute Gasteiger partial charge is 0.465 e. The lowest BCUT2D eigenvalue weighted by atomic mass is 10.0. The number of esters is 1. The van der Waals surface area contributed by atoms with E-state index in [0.717, 1.165) is 51.4 Å². The van der Waals surface area contributed by atoms with Crippen molar-refractivity contribution in [1.29, 1.82) is 0 Å². The number of amides is 1. The minimum absolute atomic E-state index is 0.0328. The summed E-state index contributed by atoms with van der Waals surface area (Å²) in [5.74, 6) is -0.108. The minimum atomic E-state index is -0.846. The summed E-state index contributed by atoms with van der Waals surface area (Å²) in [6.45, 7) is 4.78. The molecule has 2 unspecified atom stereocenters. The van der Waals surface area contributed by atoms with E-state index in [1.165, 1.54) is 218 Å². The van der Waals surface area contributed by atoms with Crippen molar-refractivity contribution in [2.45, 2.75) is 309 Å². The number of carbonyl (C=O) groups is 2. The van der Waals surface area contributed by atoms with Gasteiger partial charge in [-0.25, -0.2) is 0 Å². The summed E-state index contributed by atoms with van der Waals surface area (Å²) in [7, 11) is 0. The second kappa shape index (κ2) is 53.7. The van der Waals surface area contributed by atoms with Gasteiger partial charge in [0.05, 0.1) is 25.4 Å². The Morgan fingerprint density at radius 1 is 0.438 bits per heavy atom. The third-order valence-corrected chi connectivity index (χ3v) is 12.9. The lowest BCUT2D eigenvalue weighted by molar-refractivity contribution is -0.143. The van der Waals surface area contributed by atoms with Gasteiger partial charge < -0.3 is 20.3 Å². The van der Waals surface area contributed by atoms with E-state index >= 15 is 0 Å². The van der Waals surface area contributed by atoms with Crippen LogP contribution in [0.4, 0.5) is 0 Å². The second-order valence-corrected chi connectivity index (χ2v) is 19.3. The number of ether oxygens (including phenoxy) is 1. The number of unbranched alkanes of at least 4 members (excludes halogenated alkanes) is 37. The summed E-state index contributed by atoms with van der Waals surface area (Å²) in [5.41, 5.74) is 0. The molecule has 2 atom stereocenters. The van der Waals surface area contributed by atoms with Crippen molar-refractivity contribution < 1.29 is 24.5 Å². The van der Waals surface area contributed by atoms with Crippen LogP contribution in [0.15, 0.2) is 36.5 Å². The highest BCUT2D eigenvalue weighted by Gasteiger charge is 2.18. The molecule has 0 saturated carbocycles. The van der Waals surface area contributed by atoms with Crippen LogP contribution in [0.25, 0.3) is 0 Å². The van der Waals surface area contributed by atoms with Crippen LogP contribution in [-0.2, 0) is 14.3 Å². The van der Waals surface area contributed by atoms with Crippen LogP contribution >= 0.6 is 0 Å². The van der Waals surface area contributed by atoms with E-state index in [-0.39, 0.29) is 18.5 Å². The Hall–Kier alpha value is -1.92. The predicted octanol–water partition coefficient (Wildman–Crippen LogP) is 17.2. The summed E-state index contributed by atoms with van der Waals surface area (Å²) in [6, 6.07) is -0.630. The molecular weight excluding hydrogens is 791 g/mol. The Labute approximate surface area is 398 Å². The molecule has 376 valence electrons. The average molecular weight is 901 g/mol. The van der Waals surface area contributed by atoms with Crippen molar-refractivity contribution in [2.24, 2.45) is 0 Å². The Balaban J connectivity index is 3.44. The Kier molecular flexibility index (Phi) is 52.1. The number of hydrogen-bond acceptors (Lipinski definition) is 5. The molecule has 3 N–H and O–H groups in total. The van der Waals surface area contributed by atoms with E-state index in [0.29, 0.717) is 19.4 Å². The second-order valence-electron chi connectivity index (χ2n) is 19.3. The molecule has 1 amide bonds. The molecule has 0 bridgehead atoms. The summed E-state index contributed by atoms with van der Waals surface area (Å²) >= 11 is 0. The van der Waals surface area contributed by atoms with Gasteiger partial charge in [-0.2, -0.15) is 0 Å². The van der Waals surface area contributed by atoms with Gasteiger partial charge in [0.25, 0.3) is 0 Å². The summed E-state index contributed by atoms with van der Waals surface area (Å²) in [6.07, 6.45) is 66.2. The number of hydrogen-bond donors (Lipinski definition) is 3. The molecule has 0 heterocycles. The Morgan fingerprint density at radius 2 is 0.781 bits per heavy atom. The molecule has 0 aromatic heterocycles. The van der Waals surface area contributed by atoms with Crippen LogP contribution in [0.1, 0.15) is 296 Å². The maximum absolute atomic E-state index is 12.4. The topological polar surface area (TPSA) is 95.9 Å². The molecule has 64 heavy (non-hydrogen) atoms. The van der Waals surface area contributed by atoms with Crippen molar-refractivity contribution in [3.05, 3.63) is 36.5 Å². The number of allylic oxidation sites excluding steroid dienone is 4. The summed E-state index contributed by atoms with van der Waals surface area (Å²) < 4.78 is 5.42. The highest BCUT2D eigenvalue weighted by Crippen LogP contribution is 2.16. The molecule has 0 spiro atoms. The SMILES string of the molecule is CCCCCCCCCC/C=C/C(O)C(CO)NC(=O)CCCCCCCCCCCCCCCC/C=C\C/C=C\CCOC(=O)CCCCCCCCCCCCCCCCCC. The van der Waals surface area contributed by atoms with E-state index in [9.17, 15) is 19.8 Å². The lowest BCUT2D eigenvalue weighted by Crippen LogP contribution is -2.45.